The molecule has 0 saturated heterocycles. The zero-order chi connectivity index (χ0) is 19.5. The SMILES string of the molecule is CCCCCn1c(-c2ccccn2)cc(=O)n2cc(-c3ccc(Cl)cc3)nc12. The number of hydrogen-bond donors (Lipinski definition) is 0. The van der Waals surface area contributed by atoms with Crippen LogP contribution in [0.2, 0.25) is 5.02 Å². The van der Waals surface area contributed by atoms with Crippen LogP contribution in [0.4, 0.5) is 0 Å². The van der Waals surface area contributed by atoms with E-state index in [0.29, 0.717) is 10.8 Å². The van der Waals surface area contributed by atoms with Gasteiger partial charge in [-0.2, -0.15) is 0 Å². The molecule has 0 amide bonds. The Morgan fingerprint density at radius 3 is 2.57 bits per heavy atom. The average molecular weight is 393 g/mol. The maximum absolute atomic E-state index is 12.8. The highest BCUT2D eigenvalue weighted by Gasteiger charge is 2.15. The number of aryl methyl sites for hydroxylation is 1. The summed E-state index contributed by atoms with van der Waals surface area (Å²) in [5.74, 6) is 0.634. The Hall–Kier alpha value is -2.92. The second-order valence-electron chi connectivity index (χ2n) is 6.74. The molecule has 4 aromatic rings. The number of nitrogens with zero attached hydrogens (tertiary/aromatic N) is 4. The van der Waals surface area contributed by atoms with Crippen LogP contribution in [-0.4, -0.2) is 18.9 Å². The largest absolute Gasteiger partial charge is 0.309 e. The van der Waals surface area contributed by atoms with Crippen LogP contribution in [0.25, 0.3) is 28.4 Å². The molecule has 4 rings (SSSR count). The van der Waals surface area contributed by atoms with Gasteiger partial charge in [-0.05, 0) is 30.7 Å². The van der Waals surface area contributed by atoms with E-state index in [-0.39, 0.29) is 5.56 Å². The Balaban J connectivity index is 1.91. The van der Waals surface area contributed by atoms with Crippen LogP contribution in [0.5, 0.6) is 0 Å². The van der Waals surface area contributed by atoms with Crippen LogP contribution < -0.4 is 5.56 Å². The van der Waals surface area contributed by atoms with Crippen molar-refractivity contribution in [1.29, 1.82) is 0 Å². The van der Waals surface area contributed by atoms with E-state index >= 15 is 0 Å². The van der Waals surface area contributed by atoms with Crippen molar-refractivity contribution in [1.82, 2.24) is 18.9 Å². The lowest BCUT2D eigenvalue weighted by Gasteiger charge is -2.14. The van der Waals surface area contributed by atoms with Gasteiger partial charge >= 0.3 is 0 Å². The first kappa shape index (κ1) is 18.4. The van der Waals surface area contributed by atoms with Crippen LogP contribution in [0.1, 0.15) is 26.2 Å². The van der Waals surface area contributed by atoms with E-state index in [1.165, 1.54) is 0 Å². The van der Waals surface area contributed by atoms with Crippen LogP contribution >= 0.6 is 11.6 Å². The summed E-state index contributed by atoms with van der Waals surface area (Å²) in [6, 6.07) is 14.8. The lowest BCUT2D eigenvalue weighted by atomic mass is 10.2. The van der Waals surface area contributed by atoms with Gasteiger partial charge in [-0.1, -0.05) is 49.6 Å². The van der Waals surface area contributed by atoms with Gasteiger partial charge in [0.2, 0.25) is 5.78 Å². The Kier molecular flexibility index (Phi) is 5.26. The average Bonchev–Trinajstić information content (AvgIpc) is 3.17. The van der Waals surface area contributed by atoms with E-state index in [4.69, 9.17) is 16.6 Å². The third-order valence-corrected chi connectivity index (χ3v) is 5.02. The number of unbranched alkanes of at least 4 members (excludes halogenated alkanes) is 2. The number of rotatable bonds is 6. The lowest BCUT2D eigenvalue weighted by Crippen LogP contribution is -2.19. The van der Waals surface area contributed by atoms with Crippen molar-refractivity contribution in [2.24, 2.45) is 0 Å². The molecule has 0 N–H and O–H groups in total. The third-order valence-electron chi connectivity index (χ3n) is 4.77. The minimum Gasteiger partial charge on any atom is -0.309 e. The molecule has 3 heterocycles. The summed E-state index contributed by atoms with van der Waals surface area (Å²) in [6.45, 7) is 2.95. The number of benzene rings is 1. The van der Waals surface area contributed by atoms with E-state index in [1.807, 2.05) is 42.5 Å². The topological polar surface area (TPSA) is 52.2 Å². The number of fused-ring (bicyclic) bond motifs is 1. The van der Waals surface area contributed by atoms with E-state index in [1.54, 1.807) is 22.9 Å². The molecule has 0 unspecified atom stereocenters. The van der Waals surface area contributed by atoms with Crippen molar-refractivity contribution in [2.75, 3.05) is 0 Å². The monoisotopic (exact) mass is 392 g/mol. The van der Waals surface area contributed by atoms with Crippen LogP contribution in [0.3, 0.4) is 0 Å². The molecule has 0 aliphatic carbocycles. The van der Waals surface area contributed by atoms with Crippen molar-refractivity contribution in [3.8, 4) is 22.6 Å². The molecule has 0 saturated carbocycles. The first-order valence-electron chi connectivity index (χ1n) is 9.47. The lowest BCUT2D eigenvalue weighted by molar-refractivity contribution is 0.605. The molecule has 3 aromatic heterocycles. The molecule has 28 heavy (non-hydrogen) atoms. The highest BCUT2D eigenvalue weighted by molar-refractivity contribution is 6.30. The minimum absolute atomic E-state index is 0.116. The molecule has 0 aliphatic rings. The molecule has 5 nitrogen and oxygen atoms in total. The molecule has 1 aromatic carbocycles. The number of aromatic nitrogens is 4. The summed E-state index contributed by atoms with van der Waals surface area (Å²) < 4.78 is 3.71. The quantitative estimate of drug-likeness (QED) is 0.430. The van der Waals surface area contributed by atoms with Gasteiger partial charge in [0.15, 0.2) is 0 Å². The zero-order valence-electron chi connectivity index (χ0n) is 15.7. The number of imidazole rings is 1. The van der Waals surface area contributed by atoms with Gasteiger partial charge in [0.1, 0.15) is 0 Å². The predicted molar refractivity (Wildman–Crippen MR) is 113 cm³/mol. The summed E-state index contributed by atoms with van der Waals surface area (Å²) in [5.41, 5.74) is 3.12. The van der Waals surface area contributed by atoms with Crippen LogP contribution in [-0.2, 0) is 6.54 Å². The van der Waals surface area contributed by atoms with Crippen molar-refractivity contribution in [2.45, 2.75) is 32.7 Å². The maximum atomic E-state index is 12.8. The fraction of sp³-hybridized carbons (Fsp3) is 0.227. The Labute approximate surface area is 168 Å². The molecule has 142 valence electrons. The Morgan fingerprint density at radius 2 is 1.86 bits per heavy atom. The van der Waals surface area contributed by atoms with Gasteiger partial charge in [-0.15, -0.1) is 0 Å². The Morgan fingerprint density at radius 1 is 1.04 bits per heavy atom. The first-order valence-corrected chi connectivity index (χ1v) is 9.85. The maximum Gasteiger partial charge on any atom is 0.259 e. The van der Waals surface area contributed by atoms with Gasteiger partial charge in [-0.25, -0.2) is 4.98 Å². The van der Waals surface area contributed by atoms with Crippen molar-refractivity contribution >= 4 is 17.4 Å². The highest BCUT2D eigenvalue weighted by atomic mass is 35.5. The molecule has 0 fully saturated rings. The molecular formula is C22H21ClN4O. The van der Waals surface area contributed by atoms with Gasteiger partial charge in [0, 0.05) is 35.6 Å². The van der Waals surface area contributed by atoms with Crippen molar-refractivity contribution in [3.05, 3.63) is 76.3 Å². The summed E-state index contributed by atoms with van der Waals surface area (Å²) in [4.78, 5) is 22.1. The number of pyridine rings is 1. The second kappa shape index (κ2) is 7.98. The Bertz CT molecular complexity index is 1150. The fourth-order valence-corrected chi connectivity index (χ4v) is 3.45. The van der Waals surface area contributed by atoms with E-state index in [2.05, 4.69) is 16.5 Å². The molecule has 0 radical (unpaired) electrons. The first-order chi connectivity index (χ1) is 13.7. The molecular weight excluding hydrogens is 372 g/mol. The predicted octanol–water partition coefficient (Wildman–Crippen LogP) is 5.07. The van der Waals surface area contributed by atoms with E-state index < -0.39 is 0 Å². The molecule has 0 spiro atoms. The fourth-order valence-electron chi connectivity index (χ4n) is 3.32. The van der Waals surface area contributed by atoms with E-state index in [0.717, 1.165) is 48.5 Å². The van der Waals surface area contributed by atoms with Gasteiger partial charge in [0.25, 0.3) is 5.56 Å². The summed E-state index contributed by atoms with van der Waals surface area (Å²) >= 11 is 6.00. The number of halogens is 1. The summed E-state index contributed by atoms with van der Waals surface area (Å²) in [7, 11) is 0. The molecule has 0 aliphatic heterocycles. The molecule has 0 atom stereocenters. The van der Waals surface area contributed by atoms with E-state index in [9.17, 15) is 4.79 Å². The molecule has 0 bridgehead atoms. The summed E-state index contributed by atoms with van der Waals surface area (Å²) in [5, 5.41) is 0.670. The summed E-state index contributed by atoms with van der Waals surface area (Å²) in [6.07, 6.45) is 6.78. The minimum atomic E-state index is -0.116. The highest BCUT2D eigenvalue weighted by Crippen LogP contribution is 2.23. The number of hydrogen-bond acceptors (Lipinski definition) is 3. The normalized spacial score (nSPS) is 11.2. The van der Waals surface area contributed by atoms with Crippen molar-refractivity contribution < 1.29 is 0 Å². The standard InChI is InChI=1S/C22H21ClN4O/c1-2-3-6-13-26-20(18-7-4-5-12-24-18)14-21(28)27-15-19(25-22(26)27)16-8-10-17(23)11-9-16/h4-5,7-12,14-15H,2-3,6,13H2,1H3. The van der Waals surface area contributed by atoms with Crippen LogP contribution in [0, 0.1) is 0 Å². The zero-order valence-corrected chi connectivity index (χ0v) is 16.4. The smallest absolute Gasteiger partial charge is 0.259 e. The van der Waals surface area contributed by atoms with Gasteiger partial charge in [0.05, 0.1) is 17.1 Å². The third kappa shape index (κ3) is 3.58. The van der Waals surface area contributed by atoms with Gasteiger partial charge in [-0.3, -0.25) is 14.2 Å². The second-order valence-corrected chi connectivity index (χ2v) is 7.18. The molecule has 6 heteroatoms. The van der Waals surface area contributed by atoms with Gasteiger partial charge < -0.3 is 4.57 Å². The van der Waals surface area contributed by atoms with Crippen LogP contribution in [0.15, 0.2) is 65.7 Å². The van der Waals surface area contributed by atoms with Crippen molar-refractivity contribution in [3.63, 3.8) is 0 Å².